The molecule has 2 heterocycles. The van der Waals surface area contributed by atoms with Crippen molar-refractivity contribution in [1.29, 1.82) is 0 Å². The van der Waals surface area contributed by atoms with Crippen LogP contribution >= 0.6 is 0 Å². The number of rotatable bonds is 4. The Morgan fingerprint density at radius 2 is 0.839 bits per heavy atom. The second-order valence-electron chi connectivity index (χ2n) is 16.3. The van der Waals surface area contributed by atoms with Gasteiger partial charge in [-0.25, -0.2) is 0 Å². The SMILES string of the molecule is c1ccc(-c2ccccc2N(c2ccc3c(c2)C2(CCCCC2)c2ccccc2-3)c2ccc3c(c2)[Si]2(c4ccccc4-c4ccccc42)c2ccccc2-3)cc1. The van der Waals surface area contributed by atoms with Gasteiger partial charge in [0.15, 0.2) is 8.07 Å². The van der Waals surface area contributed by atoms with E-state index in [1.807, 2.05) is 0 Å². The van der Waals surface area contributed by atoms with Crippen molar-refractivity contribution in [1.82, 2.24) is 0 Å². The van der Waals surface area contributed by atoms with Crippen LogP contribution in [0.1, 0.15) is 43.2 Å². The first-order valence-corrected chi connectivity index (χ1v) is 22.4. The normalized spacial score (nSPS) is 15.8. The average molecular weight is 732 g/mol. The minimum Gasteiger partial charge on any atom is -0.310 e. The standard InChI is InChI=1S/C54H41NSi/c1-3-17-37(18-4-1)40-19-6-11-25-49(40)55(38-29-31-42-41-20-5-10-24-47(41)54(48(42)35-38)33-15-2-16-34-54)39-30-32-46-45-23-9-14-28-52(45)56(53(46)36-39)50-26-12-7-21-43(50)44-22-8-13-27-51(44)56/h1,3-14,17-32,35-36H,2,15-16,33-34H2. The zero-order chi connectivity index (χ0) is 36.8. The van der Waals surface area contributed by atoms with E-state index in [4.69, 9.17) is 0 Å². The molecule has 0 atom stereocenters. The fourth-order valence-electron chi connectivity index (χ4n) is 11.5. The van der Waals surface area contributed by atoms with Crippen molar-refractivity contribution in [2.45, 2.75) is 37.5 Å². The van der Waals surface area contributed by atoms with Gasteiger partial charge in [0.05, 0.1) is 5.69 Å². The van der Waals surface area contributed by atoms with Crippen molar-refractivity contribution in [3.05, 3.63) is 199 Å². The van der Waals surface area contributed by atoms with Crippen LogP contribution in [0, 0.1) is 0 Å². The zero-order valence-electron chi connectivity index (χ0n) is 31.4. The number of para-hydroxylation sites is 1. The van der Waals surface area contributed by atoms with Crippen molar-refractivity contribution in [3.63, 3.8) is 0 Å². The highest BCUT2D eigenvalue weighted by atomic mass is 28.3. The van der Waals surface area contributed by atoms with Crippen LogP contribution in [0.5, 0.6) is 0 Å². The van der Waals surface area contributed by atoms with Crippen molar-refractivity contribution < 1.29 is 0 Å². The van der Waals surface area contributed by atoms with Gasteiger partial charge in [-0.15, -0.1) is 0 Å². The summed E-state index contributed by atoms with van der Waals surface area (Å²) in [5, 5.41) is 6.02. The monoisotopic (exact) mass is 731 g/mol. The molecule has 2 aliphatic carbocycles. The summed E-state index contributed by atoms with van der Waals surface area (Å²) in [4.78, 5) is 2.58. The first-order valence-electron chi connectivity index (χ1n) is 20.4. The summed E-state index contributed by atoms with van der Waals surface area (Å²) in [5.41, 5.74) is 17.6. The van der Waals surface area contributed by atoms with E-state index in [0.29, 0.717) is 0 Å². The van der Waals surface area contributed by atoms with E-state index in [1.165, 1.54) is 126 Å². The van der Waals surface area contributed by atoms with E-state index in [2.05, 4.69) is 193 Å². The summed E-state index contributed by atoms with van der Waals surface area (Å²) in [6, 6.07) is 71.9. The van der Waals surface area contributed by atoms with Gasteiger partial charge in [-0.2, -0.15) is 0 Å². The number of benzene rings is 8. The lowest BCUT2D eigenvalue weighted by Crippen LogP contribution is -2.70. The molecule has 0 bridgehead atoms. The van der Waals surface area contributed by atoms with Crippen LogP contribution in [-0.4, -0.2) is 8.07 Å². The van der Waals surface area contributed by atoms with Crippen LogP contribution in [0.15, 0.2) is 188 Å². The molecule has 1 nitrogen and oxygen atoms in total. The van der Waals surface area contributed by atoms with Crippen LogP contribution in [0.25, 0.3) is 44.5 Å². The lowest BCUT2D eigenvalue weighted by Gasteiger charge is -2.37. The maximum Gasteiger partial charge on any atom is 0.182 e. The Kier molecular flexibility index (Phi) is 6.95. The molecule has 2 spiro atoms. The topological polar surface area (TPSA) is 3.24 Å². The Hall–Kier alpha value is -6.22. The summed E-state index contributed by atoms with van der Waals surface area (Å²) in [6.07, 6.45) is 6.31. The summed E-state index contributed by atoms with van der Waals surface area (Å²) in [7, 11) is -2.63. The van der Waals surface area contributed by atoms with Crippen LogP contribution in [0.3, 0.4) is 0 Å². The molecule has 12 rings (SSSR count). The smallest absolute Gasteiger partial charge is 0.182 e. The van der Waals surface area contributed by atoms with E-state index < -0.39 is 8.07 Å². The van der Waals surface area contributed by atoms with Crippen LogP contribution in [0.2, 0.25) is 0 Å². The lowest BCUT2D eigenvalue weighted by atomic mass is 9.68. The van der Waals surface area contributed by atoms with Crippen LogP contribution < -0.4 is 25.6 Å². The van der Waals surface area contributed by atoms with E-state index in [0.717, 1.165) is 0 Å². The average Bonchev–Trinajstić information content (AvgIpc) is 3.84. The second-order valence-corrected chi connectivity index (χ2v) is 19.9. The molecule has 0 amide bonds. The third kappa shape index (κ3) is 4.25. The molecular formula is C54H41NSi. The van der Waals surface area contributed by atoms with Crippen molar-refractivity contribution in [2.75, 3.05) is 4.90 Å². The van der Waals surface area contributed by atoms with Gasteiger partial charge in [-0.3, -0.25) is 0 Å². The zero-order valence-corrected chi connectivity index (χ0v) is 32.4. The maximum atomic E-state index is 2.60. The third-order valence-electron chi connectivity index (χ3n) is 13.7. The quantitative estimate of drug-likeness (QED) is 0.163. The molecule has 266 valence electrons. The second kappa shape index (κ2) is 12.1. The molecule has 0 aromatic heterocycles. The van der Waals surface area contributed by atoms with Gasteiger partial charge < -0.3 is 4.90 Å². The number of anilines is 3. The predicted molar refractivity (Wildman–Crippen MR) is 237 cm³/mol. The van der Waals surface area contributed by atoms with Gasteiger partial charge in [-0.05, 0) is 114 Å². The first kappa shape index (κ1) is 32.1. The molecular weight excluding hydrogens is 691 g/mol. The highest BCUT2D eigenvalue weighted by molar-refractivity contribution is 7.24. The van der Waals surface area contributed by atoms with Gasteiger partial charge >= 0.3 is 0 Å². The number of hydrogen-bond acceptors (Lipinski definition) is 1. The Morgan fingerprint density at radius 3 is 1.50 bits per heavy atom. The van der Waals surface area contributed by atoms with Crippen molar-refractivity contribution >= 4 is 45.9 Å². The molecule has 0 saturated heterocycles. The Bertz CT molecular complexity index is 2800. The van der Waals surface area contributed by atoms with Gasteiger partial charge in [0.1, 0.15) is 0 Å². The van der Waals surface area contributed by atoms with E-state index >= 15 is 0 Å². The van der Waals surface area contributed by atoms with Crippen molar-refractivity contribution in [2.24, 2.45) is 0 Å². The van der Waals surface area contributed by atoms with Crippen LogP contribution in [0.4, 0.5) is 17.1 Å². The molecule has 0 N–H and O–H groups in total. The van der Waals surface area contributed by atoms with Crippen LogP contribution in [-0.2, 0) is 5.41 Å². The van der Waals surface area contributed by atoms with Gasteiger partial charge in [0.25, 0.3) is 0 Å². The Morgan fingerprint density at radius 1 is 0.357 bits per heavy atom. The van der Waals surface area contributed by atoms with Gasteiger partial charge in [0.2, 0.25) is 0 Å². The minimum atomic E-state index is -2.63. The van der Waals surface area contributed by atoms with Gasteiger partial charge in [0, 0.05) is 22.4 Å². The lowest BCUT2D eigenvalue weighted by molar-refractivity contribution is 0.353. The molecule has 0 radical (unpaired) electrons. The number of fused-ring (bicyclic) bond motifs is 15. The summed E-state index contributed by atoms with van der Waals surface area (Å²) < 4.78 is 0. The molecule has 8 aromatic rings. The molecule has 2 aliphatic heterocycles. The Balaban J connectivity index is 1.13. The summed E-state index contributed by atoms with van der Waals surface area (Å²) in [6.45, 7) is 0. The number of hydrogen-bond donors (Lipinski definition) is 0. The van der Waals surface area contributed by atoms with Crippen molar-refractivity contribution in [3.8, 4) is 44.5 Å². The molecule has 56 heavy (non-hydrogen) atoms. The predicted octanol–water partition coefficient (Wildman–Crippen LogP) is 11.4. The number of nitrogens with zero attached hydrogens (tertiary/aromatic N) is 1. The Labute approximate surface area is 330 Å². The van der Waals surface area contributed by atoms with E-state index in [1.54, 1.807) is 0 Å². The first-order chi connectivity index (χ1) is 27.8. The summed E-state index contributed by atoms with van der Waals surface area (Å²) >= 11 is 0. The highest BCUT2D eigenvalue weighted by Gasteiger charge is 2.54. The minimum absolute atomic E-state index is 0.0681. The molecule has 2 heteroatoms. The molecule has 1 fully saturated rings. The molecule has 4 aliphatic rings. The largest absolute Gasteiger partial charge is 0.310 e. The highest BCUT2D eigenvalue weighted by Crippen LogP contribution is 2.57. The van der Waals surface area contributed by atoms with E-state index in [-0.39, 0.29) is 5.41 Å². The molecule has 8 aromatic carbocycles. The molecule has 0 unspecified atom stereocenters. The summed E-state index contributed by atoms with van der Waals surface area (Å²) in [5.74, 6) is 0. The molecule has 1 saturated carbocycles. The fraction of sp³-hybridized carbons (Fsp3) is 0.111. The third-order valence-corrected chi connectivity index (χ3v) is 18.6. The van der Waals surface area contributed by atoms with E-state index in [9.17, 15) is 0 Å². The maximum absolute atomic E-state index is 2.63. The van der Waals surface area contributed by atoms with Gasteiger partial charge in [-0.1, -0.05) is 177 Å². The fourth-order valence-corrected chi connectivity index (χ4v) is 17.1.